The van der Waals surface area contributed by atoms with E-state index in [0.29, 0.717) is 5.56 Å². The second-order valence-corrected chi connectivity index (χ2v) is 4.55. The Morgan fingerprint density at radius 1 is 1.04 bits per heavy atom. The van der Waals surface area contributed by atoms with Crippen molar-refractivity contribution in [2.24, 2.45) is 0 Å². The molecule has 0 aromatic heterocycles. The van der Waals surface area contributed by atoms with Crippen molar-refractivity contribution in [3.63, 3.8) is 0 Å². The summed E-state index contributed by atoms with van der Waals surface area (Å²) in [5.41, 5.74) is 0.615. The molecule has 23 heavy (non-hydrogen) atoms. The molecule has 0 aliphatic rings. The fraction of sp³-hybridized carbons (Fsp3) is 0.0588. The molecule has 116 valence electrons. The molecule has 2 aromatic carbocycles. The van der Waals surface area contributed by atoms with E-state index in [4.69, 9.17) is 4.74 Å². The predicted molar refractivity (Wildman–Crippen MR) is 83.9 cm³/mol. The van der Waals surface area contributed by atoms with Gasteiger partial charge in [0, 0.05) is 17.7 Å². The molecule has 0 unspecified atom stereocenters. The zero-order chi connectivity index (χ0) is 16.7. The molecule has 2 aromatic rings. The molecule has 0 N–H and O–H groups in total. The number of carbonyl (C=O) groups is 2. The molecule has 0 atom stereocenters. The largest absolute Gasteiger partial charge is 0.454 e. The maximum Gasteiger partial charge on any atom is 0.331 e. The van der Waals surface area contributed by atoms with E-state index in [1.807, 2.05) is 0 Å². The quantitative estimate of drug-likeness (QED) is 0.269. The van der Waals surface area contributed by atoms with Gasteiger partial charge in [0.25, 0.3) is 5.69 Å². The summed E-state index contributed by atoms with van der Waals surface area (Å²) in [5.74, 6) is -1.06. The second-order valence-electron chi connectivity index (χ2n) is 4.55. The van der Waals surface area contributed by atoms with Crippen molar-refractivity contribution in [3.05, 3.63) is 81.9 Å². The molecule has 0 bridgehead atoms. The van der Waals surface area contributed by atoms with Gasteiger partial charge in [-0.1, -0.05) is 42.5 Å². The van der Waals surface area contributed by atoms with Crippen molar-refractivity contribution in [2.75, 3.05) is 6.61 Å². The van der Waals surface area contributed by atoms with E-state index in [0.717, 1.165) is 6.08 Å². The van der Waals surface area contributed by atoms with E-state index in [1.54, 1.807) is 36.4 Å². The molecule has 0 radical (unpaired) electrons. The molecule has 0 saturated carbocycles. The van der Waals surface area contributed by atoms with E-state index >= 15 is 0 Å². The van der Waals surface area contributed by atoms with Crippen molar-refractivity contribution in [1.29, 1.82) is 0 Å². The van der Waals surface area contributed by atoms with Gasteiger partial charge in [-0.3, -0.25) is 14.9 Å². The first kappa shape index (κ1) is 16.1. The van der Waals surface area contributed by atoms with Gasteiger partial charge in [0.2, 0.25) is 0 Å². The van der Waals surface area contributed by atoms with Crippen LogP contribution in [0.25, 0.3) is 6.08 Å². The van der Waals surface area contributed by atoms with E-state index in [9.17, 15) is 19.7 Å². The number of nitrogens with zero attached hydrogens (tertiary/aromatic N) is 1. The minimum absolute atomic E-state index is 0.114. The Morgan fingerprint density at radius 2 is 1.70 bits per heavy atom. The Kier molecular flexibility index (Phi) is 5.35. The van der Waals surface area contributed by atoms with Gasteiger partial charge in [0.05, 0.1) is 10.5 Å². The predicted octanol–water partition coefficient (Wildman–Crippen LogP) is 3.03. The summed E-state index contributed by atoms with van der Waals surface area (Å²) in [6, 6.07) is 14.5. The summed E-state index contributed by atoms with van der Waals surface area (Å²) in [6.07, 6.45) is 2.34. The number of rotatable bonds is 6. The number of para-hydroxylation sites is 1. The molecule has 6 heteroatoms. The van der Waals surface area contributed by atoms with Gasteiger partial charge in [-0.25, -0.2) is 4.79 Å². The van der Waals surface area contributed by atoms with Crippen molar-refractivity contribution >= 4 is 23.5 Å². The highest BCUT2D eigenvalue weighted by atomic mass is 16.6. The van der Waals surface area contributed by atoms with Crippen LogP contribution in [-0.2, 0) is 9.53 Å². The average molecular weight is 311 g/mol. The summed E-state index contributed by atoms with van der Waals surface area (Å²) in [5, 5.41) is 10.8. The normalized spacial score (nSPS) is 10.4. The average Bonchev–Trinajstić information content (AvgIpc) is 2.58. The smallest absolute Gasteiger partial charge is 0.331 e. The number of nitro groups is 1. The number of benzene rings is 2. The lowest BCUT2D eigenvalue weighted by Crippen LogP contribution is -2.12. The fourth-order valence-corrected chi connectivity index (χ4v) is 1.84. The van der Waals surface area contributed by atoms with Crippen LogP contribution in [0.3, 0.4) is 0 Å². The summed E-state index contributed by atoms with van der Waals surface area (Å²) in [4.78, 5) is 33.7. The van der Waals surface area contributed by atoms with Crippen LogP contribution in [-0.4, -0.2) is 23.3 Å². The third-order valence-corrected chi connectivity index (χ3v) is 2.97. The minimum atomic E-state index is -0.743. The van der Waals surface area contributed by atoms with Crippen LogP contribution in [0.2, 0.25) is 0 Å². The van der Waals surface area contributed by atoms with Crippen molar-refractivity contribution in [3.8, 4) is 0 Å². The van der Waals surface area contributed by atoms with E-state index < -0.39 is 10.9 Å². The molecule has 0 aliphatic carbocycles. The minimum Gasteiger partial charge on any atom is -0.454 e. The summed E-state index contributed by atoms with van der Waals surface area (Å²) in [6.45, 7) is -0.385. The number of esters is 1. The molecule has 6 nitrogen and oxygen atoms in total. The number of Topliss-reactive ketones (excluding diaryl/α,β-unsaturated/α-hetero) is 1. The molecular weight excluding hydrogens is 298 g/mol. The van der Waals surface area contributed by atoms with Crippen LogP contribution in [0.5, 0.6) is 0 Å². The number of carbonyl (C=O) groups excluding carboxylic acids is 2. The highest BCUT2D eigenvalue weighted by Gasteiger charge is 2.11. The Bertz CT molecular complexity index is 753. The van der Waals surface area contributed by atoms with E-state index in [-0.39, 0.29) is 23.6 Å². The highest BCUT2D eigenvalue weighted by Crippen LogP contribution is 2.18. The fourth-order valence-electron chi connectivity index (χ4n) is 1.84. The van der Waals surface area contributed by atoms with Gasteiger partial charge in [0.1, 0.15) is 0 Å². The third kappa shape index (κ3) is 4.60. The molecule has 2 rings (SSSR count). The number of ether oxygens (including phenoxy) is 1. The zero-order valence-corrected chi connectivity index (χ0v) is 12.0. The number of nitro benzene ring substituents is 1. The third-order valence-electron chi connectivity index (χ3n) is 2.97. The molecule has 0 aliphatic heterocycles. The lowest BCUT2D eigenvalue weighted by Gasteiger charge is -2.01. The Hall–Kier alpha value is -3.28. The standard InChI is InChI=1S/C17H13NO5/c19-16(14-7-2-1-3-8-14)12-23-17(20)11-10-13-6-4-5-9-15(13)18(21)22/h1-11H,12H2/b11-10+. The van der Waals surface area contributed by atoms with Crippen LogP contribution >= 0.6 is 0 Å². The van der Waals surface area contributed by atoms with Crippen LogP contribution < -0.4 is 0 Å². The molecule has 0 spiro atoms. The maximum absolute atomic E-state index is 11.8. The highest BCUT2D eigenvalue weighted by molar-refractivity contribution is 5.98. The Balaban J connectivity index is 1.95. The maximum atomic E-state index is 11.8. The lowest BCUT2D eigenvalue weighted by molar-refractivity contribution is -0.385. The number of hydrogen-bond donors (Lipinski definition) is 0. The van der Waals surface area contributed by atoms with Gasteiger partial charge in [-0.15, -0.1) is 0 Å². The monoisotopic (exact) mass is 311 g/mol. The van der Waals surface area contributed by atoms with Gasteiger partial charge < -0.3 is 4.74 Å². The topological polar surface area (TPSA) is 86.5 Å². The van der Waals surface area contributed by atoms with Crippen molar-refractivity contribution < 1.29 is 19.2 Å². The molecule has 0 amide bonds. The summed E-state index contributed by atoms with van der Waals surface area (Å²) in [7, 11) is 0. The zero-order valence-electron chi connectivity index (χ0n) is 12.0. The molecule has 0 saturated heterocycles. The SMILES string of the molecule is O=C(/C=C/c1ccccc1[N+](=O)[O-])OCC(=O)c1ccccc1. The molecule has 0 fully saturated rings. The van der Waals surface area contributed by atoms with Crippen LogP contribution in [0.1, 0.15) is 15.9 Å². The first-order chi connectivity index (χ1) is 11.1. The summed E-state index contributed by atoms with van der Waals surface area (Å²) >= 11 is 0. The van der Waals surface area contributed by atoms with E-state index in [1.165, 1.54) is 24.3 Å². The van der Waals surface area contributed by atoms with Crippen molar-refractivity contribution in [1.82, 2.24) is 0 Å². The molecular formula is C17H13NO5. The first-order valence-electron chi connectivity index (χ1n) is 6.74. The van der Waals surface area contributed by atoms with Gasteiger partial charge >= 0.3 is 5.97 Å². The van der Waals surface area contributed by atoms with Crippen LogP contribution in [0.4, 0.5) is 5.69 Å². The number of hydrogen-bond acceptors (Lipinski definition) is 5. The van der Waals surface area contributed by atoms with E-state index in [2.05, 4.69) is 0 Å². The van der Waals surface area contributed by atoms with Crippen LogP contribution in [0.15, 0.2) is 60.7 Å². The summed E-state index contributed by atoms with van der Waals surface area (Å²) < 4.78 is 4.84. The van der Waals surface area contributed by atoms with Gasteiger partial charge in [-0.2, -0.15) is 0 Å². The Morgan fingerprint density at radius 3 is 2.39 bits per heavy atom. The second kappa shape index (κ2) is 7.65. The van der Waals surface area contributed by atoms with Gasteiger partial charge in [0.15, 0.2) is 12.4 Å². The molecule has 0 heterocycles. The lowest BCUT2D eigenvalue weighted by atomic mass is 10.1. The van der Waals surface area contributed by atoms with Crippen molar-refractivity contribution in [2.45, 2.75) is 0 Å². The Labute approximate surface area is 132 Å². The first-order valence-corrected chi connectivity index (χ1v) is 6.74. The van der Waals surface area contributed by atoms with Gasteiger partial charge in [-0.05, 0) is 12.1 Å². The van der Waals surface area contributed by atoms with Crippen LogP contribution in [0, 0.1) is 10.1 Å². The number of ketones is 1.